The van der Waals surface area contributed by atoms with Crippen molar-refractivity contribution >= 4 is 30.3 Å². The lowest BCUT2D eigenvalue weighted by molar-refractivity contribution is 0.395. The topological polar surface area (TPSA) is 30.7 Å². The Morgan fingerprint density at radius 1 is 0.833 bits per heavy atom. The number of benzene rings is 3. The molecule has 4 aromatic rings. The van der Waals surface area contributed by atoms with Crippen molar-refractivity contribution in [1.29, 1.82) is 0 Å². The molecule has 0 amide bonds. The zero-order chi connectivity index (χ0) is 25.1. The van der Waals surface area contributed by atoms with E-state index < -0.39 is 7.92 Å². The van der Waals surface area contributed by atoms with Gasteiger partial charge in [-0.25, -0.2) is 4.68 Å². The third kappa shape index (κ3) is 5.26. The number of allylic oxidation sites excluding steroid dienone is 4. The highest BCUT2D eigenvalue weighted by molar-refractivity contribution is 8.00. The van der Waals surface area contributed by atoms with E-state index in [4.69, 9.17) is 10.3 Å². The molecule has 1 aliphatic carbocycles. The first kappa shape index (κ1) is 24.7. The first-order chi connectivity index (χ1) is 17.4. The molecule has 182 valence electrons. The molecular weight excluding hydrogens is 477 g/mol. The van der Waals surface area contributed by atoms with E-state index in [9.17, 15) is 0 Å². The Kier molecular flexibility index (Phi) is 7.27. The van der Waals surface area contributed by atoms with Crippen LogP contribution in [0.15, 0.2) is 120 Å². The van der Waals surface area contributed by atoms with Gasteiger partial charge in [0.25, 0.3) is 0 Å². The summed E-state index contributed by atoms with van der Waals surface area (Å²) in [6, 6.07) is 32.4. The van der Waals surface area contributed by atoms with Gasteiger partial charge in [-0.1, -0.05) is 147 Å². The molecule has 0 spiro atoms. The lowest BCUT2D eigenvalue weighted by Crippen LogP contribution is -2.22. The highest BCUT2D eigenvalue weighted by atomic mass is 32.2. The van der Waals surface area contributed by atoms with Crippen LogP contribution >= 0.6 is 19.7 Å². The summed E-state index contributed by atoms with van der Waals surface area (Å²) in [5, 5.41) is 14.8. The minimum absolute atomic E-state index is 0.0353. The van der Waals surface area contributed by atoms with E-state index in [0.717, 1.165) is 16.3 Å². The predicted molar refractivity (Wildman–Crippen MR) is 156 cm³/mol. The summed E-state index contributed by atoms with van der Waals surface area (Å²) in [7, 11) is -0.657. The van der Waals surface area contributed by atoms with Crippen LogP contribution in [0, 0.1) is 5.92 Å². The second-order valence-electron chi connectivity index (χ2n) is 10.0. The van der Waals surface area contributed by atoms with E-state index in [1.807, 2.05) is 17.8 Å². The summed E-state index contributed by atoms with van der Waals surface area (Å²) in [5.74, 6) is 0.237. The Morgan fingerprint density at radius 3 is 1.94 bits per heavy atom. The molecule has 0 fully saturated rings. The van der Waals surface area contributed by atoms with E-state index in [1.54, 1.807) is 0 Å². The molecule has 3 nitrogen and oxygen atoms in total. The van der Waals surface area contributed by atoms with Crippen molar-refractivity contribution in [3.05, 3.63) is 115 Å². The summed E-state index contributed by atoms with van der Waals surface area (Å²) in [6.07, 6.45) is 6.90. The SMILES string of the molecule is C[C@H](C1C=CC=C1P(c1ccccc1)c1ccccc1)n1nnc(-c2ccccc2)c1SC(C)(C)C. The summed E-state index contributed by atoms with van der Waals surface area (Å²) >= 11 is 1.84. The van der Waals surface area contributed by atoms with Crippen molar-refractivity contribution in [1.82, 2.24) is 15.0 Å². The van der Waals surface area contributed by atoms with E-state index in [-0.39, 0.29) is 16.7 Å². The standard InChI is InChI=1S/C31H32N3PS/c1-23(34-30(36-31(2,3)4)29(32-33-34)24-15-8-5-9-16-24)27-21-14-22-28(27)35(25-17-10-6-11-18-25)26-19-12-7-13-20-26/h5-23,27H,1-4H3/t23-,27?/m1/s1. The van der Waals surface area contributed by atoms with E-state index in [2.05, 4.69) is 136 Å². The zero-order valence-electron chi connectivity index (χ0n) is 21.2. The van der Waals surface area contributed by atoms with E-state index in [0.29, 0.717) is 0 Å². The van der Waals surface area contributed by atoms with E-state index >= 15 is 0 Å². The molecular formula is C31H32N3PS. The van der Waals surface area contributed by atoms with Crippen molar-refractivity contribution in [3.63, 3.8) is 0 Å². The number of hydrogen-bond donors (Lipinski definition) is 0. The minimum Gasteiger partial charge on any atom is -0.234 e. The molecule has 0 saturated carbocycles. The van der Waals surface area contributed by atoms with Crippen LogP contribution in [0.4, 0.5) is 0 Å². The molecule has 1 unspecified atom stereocenters. The van der Waals surface area contributed by atoms with Gasteiger partial charge in [0, 0.05) is 16.2 Å². The largest absolute Gasteiger partial charge is 0.234 e. The monoisotopic (exact) mass is 509 g/mol. The van der Waals surface area contributed by atoms with Gasteiger partial charge in [0.15, 0.2) is 0 Å². The molecule has 1 aromatic heterocycles. The van der Waals surface area contributed by atoms with Crippen LogP contribution in [0.2, 0.25) is 0 Å². The zero-order valence-corrected chi connectivity index (χ0v) is 23.0. The summed E-state index contributed by atoms with van der Waals surface area (Å²) < 4.78 is 2.20. The second-order valence-corrected chi connectivity index (χ2v) is 14.1. The third-order valence-electron chi connectivity index (χ3n) is 6.22. The minimum atomic E-state index is -0.657. The van der Waals surface area contributed by atoms with Gasteiger partial charge in [0.05, 0.1) is 6.04 Å². The molecule has 0 radical (unpaired) electrons. The fourth-order valence-electron chi connectivity index (χ4n) is 4.58. The van der Waals surface area contributed by atoms with Crippen LogP contribution in [0.1, 0.15) is 33.7 Å². The van der Waals surface area contributed by atoms with Crippen LogP contribution in [-0.2, 0) is 0 Å². The van der Waals surface area contributed by atoms with Crippen molar-refractivity contribution in [2.45, 2.75) is 43.5 Å². The number of nitrogens with zero attached hydrogens (tertiary/aromatic N) is 3. The average molecular weight is 510 g/mol. The molecule has 0 bridgehead atoms. The Balaban J connectivity index is 1.56. The van der Waals surface area contributed by atoms with Crippen molar-refractivity contribution in [3.8, 4) is 11.3 Å². The molecule has 3 aromatic carbocycles. The molecule has 0 saturated heterocycles. The number of rotatable bonds is 7. The summed E-state index contributed by atoms with van der Waals surface area (Å²) in [4.78, 5) is 0. The fourth-order valence-corrected chi connectivity index (χ4v) is 8.38. The van der Waals surface area contributed by atoms with Crippen LogP contribution in [0.25, 0.3) is 11.3 Å². The van der Waals surface area contributed by atoms with Gasteiger partial charge in [0.1, 0.15) is 10.7 Å². The number of aromatic nitrogens is 3. The van der Waals surface area contributed by atoms with Crippen molar-refractivity contribution < 1.29 is 0 Å². The molecule has 36 heavy (non-hydrogen) atoms. The molecule has 1 aliphatic rings. The van der Waals surface area contributed by atoms with Crippen molar-refractivity contribution in [2.24, 2.45) is 5.92 Å². The number of thioether (sulfide) groups is 1. The summed E-state index contributed by atoms with van der Waals surface area (Å²) in [6.45, 7) is 9.03. The van der Waals surface area contributed by atoms with Crippen LogP contribution < -0.4 is 10.6 Å². The normalized spacial score (nSPS) is 16.4. The maximum absolute atomic E-state index is 4.75. The maximum Gasteiger partial charge on any atom is 0.126 e. The second kappa shape index (κ2) is 10.6. The Labute approximate surface area is 220 Å². The van der Waals surface area contributed by atoms with Crippen LogP contribution in [0.3, 0.4) is 0 Å². The molecule has 5 heteroatoms. The maximum atomic E-state index is 4.75. The first-order valence-electron chi connectivity index (χ1n) is 12.4. The Bertz CT molecular complexity index is 1320. The van der Waals surface area contributed by atoms with Crippen LogP contribution in [-0.4, -0.2) is 19.7 Å². The first-order valence-corrected chi connectivity index (χ1v) is 14.6. The lowest BCUT2D eigenvalue weighted by Gasteiger charge is -2.30. The van der Waals surface area contributed by atoms with Crippen molar-refractivity contribution in [2.75, 3.05) is 0 Å². The molecule has 2 atom stereocenters. The quantitative estimate of drug-likeness (QED) is 0.190. The van der Waals surface area contributed by atoms with E-state index in [1.165, 1.54) is 15.9 Å². The van der Waals surface area contributed by atoms with Gasteiger partial charge < -0.3 is 0 Å². The highest BCUT2D eigenvalue weighted by Gasteiger charge is 2.33. The van der Waals surface area contributed by atoms with Crippen LogP contribution in [0.5, 0.6) is 0 Å². The molecule has 0 N–H and O–H groups in total. The highest BCUT2D eigenvalue weighted by Crippen LogP contribution is 2.52. The average Bonchev–Trinajstić information content (AvgIpc) is 3.52. The Morgan fingerprint density at radius 2 is 1.39 bits per heavy atom. The fraction of sp³-hybridized carbons (Fsp3) is 0.226. The predicted octanol–water partition coefficient (Wildman–Crippen LogP) is 7.60. The van der Waals surface area contributed by atoms with Gasteiger partial charge in [-0.05, 0) is 30.8 Å². The molecule has 5 rings (SSSR count). The third-order valence-corrected chi connectivity index (χ3v) is 10.0. The van der Waals surface area contributed by atoms with Gasteiger partial charge in [-0.2, -0.15) is 0 Å². The van der Waals surface area contributed by atoms with Gasteiger partial charge in [0.2, 0.25) is 0 Å². The smallest absolute Gasteiger partial charge is 0.126 e. The van der Waals surface area contributed by atoms with Gasteiger partial charge >= 0.3 is 0 Å². The summed E-state index contributed by atoms with van der Waals surface area (Å²) in [5.41, 5.74) is 2.07. The molecule has 0 aliphatic heterocycles. The Hall–Kier alpha value is -2.94. The van der Waals surface area contributed by atoms with Gasteiger partial charge in [-0.3, -0.25) is 0 Å². The number of hydrogen-bond acceptors (Lipinski definition) is 3. The lowest BCUT2D eigenvalue weighted by atomic mass is 10.0. The van der Waals surface area contributed by atoms with Gasteiger partial charge in [-0.15, -0.1) is 5.10 Å². The molecule has 1 heterocycles.